The number of nitrogens with one attached hydrogen (secondary N) is 1. The van der Waals surface area contributed by atoms with Crippen LogP contribution in [0.15, 0.2) is 24.3 Å². The number of anilines is 1. The third-order valence-corrected chi connectivity index (χ3v) is 3.61. The van der Waals surface area contributed by atoms with Gasteiger partial charge in [-0.2, -0.15) is 0 Å². The Bertz CT molecular complexity index is 430. The Morgan fingerprint density at radius 3 is 2.33 bits per heavy atom. The van der Waals surface area contributed by atoms with Crippen molar-refractivity contribution in [2.75, 3.05) is 39.5 Å². The van der Waals surface area contributed by atoms with Crippen molar-refractivity contribution < 1.29 is 4.79 Å². The van der Waals surface area contributed by atoms with E-state index in [4.69, 9.17) is 5.73 Å². The van der Waals surface area contributed by atoms with E-state index in [0.717, 1.165) is 30.8 Å². The predicted molar refractivity (Wildman–Crippen MR) is 88.2 cm³/mol. The van der Waals surface area contributed by atoms with E-state index in [1.807, 2.05) is 38.2 Å². The number of amides is 1. The van der Waals surface area contributed by atoms with Crippen LogP contribution in [0.4, 0.5) is 5.69 Å². The van der Waals surface area contributed by atoms with Gasteiger partial charge in [-0.25, -0.2) is 0 Å². The number of nitrogens with zero attached hydrogens (tertiary/aromatic N) is 2. The summed E-state index contributed by atoms with van der Waals surface area (Å²) in [5, 5.41) is 2.94. The van der Waals surface area contributed by atoms with E-state index in [9.17, 15) is 4.79 Å². The molecule has 1 unspecified atom stereocenters. The maximum Gasteiger partial charge on any atom is 0.241 e. The monoisotopic (exact) mass is 292 g/mol. The Labute approximate surface area is 128 Å². The van der Waals surface area contributed by atoms with E-state index >= 15 is 0 Å². The fourth-order valence-corrected chi connectivity index (χ4v) is 2.00. The Morgan fingerprint density at radius 1 is 1.19 bits per heavy atom. The van der Waals surface area contributed by atoms with Crippen LogP contribution < -0.4 is 11.1 Å². The highest BCUT2D eigenvalue weighted by Gasteiger charge is 2.17. The van der Waals surface area contributed by atoms with Gasteiger partial charge in [-0.05, 0) is 65.3 Å². The number of carbonyl (C=O) groups is 1. The fourth-order valence-electron chi connectivity index (χ4n) is 2.00. The predicted octanol–water partition coefficient (Wildman–Crippen LogP) is 1.36. The first-order valence-electron chi connectivity index (χ1n) is 7.39. The molecular formula is C16H28N4O. The van der Waals surface area contributed by atoms with E-state index in [-0.39, 0.29) is 11.9 Å². The first-order valence-corrected chi connectivity index (χ1v) is 7.39. The summed E-state index contributed by atoms with van der Waals surface area (Å²) in [6, 6.07) is 7.49. The van der Waals surface area contributed by atoms with Gasteiger partial charge in [0.2, 0.25) is 5.91 Å². The van der Waals surface area contributed by atoms with Crippen LogP contribution in [0.25, 0.3) is 0 Å². The van der Waals surface area contributed by atoms with Crippen LogP contribution in [-0.4, -0.2) is 56.0 Å². The van der Waals surface area contributed by atoms with Crippen LogP contribution in [0.1, 0.15) is 18.9 Å². The molecule has 0 aliphatic rings. The van der Waals surface area contributed by atoms with Gasteiger partial charge in [0.25, 0.3) is 0 Å². The summed E-state index contributed by atoms with van der Waals surface area (Å²) in [7, 11) is 6.10. The number of benzene rings is 1. The number of rotatable bonds is 8. The van der Waals surface area contributed by atoms with Crippen molar-refractivity contribution in [1.29, 1.82) is 0 Å². The topological polar surface area (TPSA) is 61.6 Å². The standard InChI is InChI=1S/C16H28N4O/c1-13(20(4)11-5-10-19(2)3)16(21)18-15-8-6-14(12-17)7-9-15/h6-9,13H,5,10-12,17H2,1-4H3,(H,18,21). The molecule has 0 radical (unpaired) electrons. The molecule has 0 heterocycles. The van der Waals surface area contributed by atoms with Gasteiger partial charge in [0.15, 0.2) is 0 Å². The molecule has 1 aromatic rings. The first kappa shape index (κ1) is 17.6. The van der Waals surface area contributed by atoms with Gasteiger partial charge >= 0.3 is 0 Å². The molecule has 0 aliphatic heterocycles. The van der Waals surface area contributed by atoms with Crippen molar-refractivity contribution in [2.24, 2.45) is 5.73 Å². The van der Waals surface area contributed by atoms with E-state index in [2.05, 4.69) is 29.2 Å². The first-order chi connectivity index (χ1) is 9.93. The molecule has 1 amide bonds. The normalized spacial score (nSPS) is 12.7. The number of carbonyl (C=O) groups excluding carboxylic acids is 1. The van der Waals surface area contributed by atoms with Crippen molar-refractivity contribution in [3.05, 3.63) is 29.8 Å². The molecule has 5 heteroatoms. The Kier molecular flexibility index (Phi) is 7.36. The Balaban J connectivity index is 2.45. The van der Waals surface area contributed by atoms with Crippen LogP contribution in [0.3, 0.4) is 0 Å². The smallest absolute Gasteiger partial charge is 0.241 e. The lowest BCUT2D eigenvalue weighted by molar-refractivity contribution is -0.120. The largest absolute Gasteiger partial charge is 0.326 e. The Hall–Kier alpha value is -1.43. The van der Waals surface area contributed by atoms with Gasteiger partial charge in [-0.15, -0.1) is 0 Å². The van der Waals surface area contributed by atoms with Crippen molar-refractivity contribution >= 4 is 11.6 Å². The zero-order valence-electron chi connectivity index (χ0n) is 13.6. The highest BCUT2D eigenvalue weighted by Crippen LogP contribution is 2.10. The molecule has 118 valence electrons. The molecule has 0 bridgehead atoms. The molecule has 0 aliphatic carbocycles. The lowest BCUT2D eigenvalue weighted by atomic mass is 10.2. The summed E-state index contributed by atoms with van der Waals surface area (Å²) in [5.74, 6) is 0.0165. The van der Waals surface area contributed by atoms with Crippen LogP contribution in [0, 0.1) is 0 Å². The summed E-state index contributed by atoms with van der Waals surface area (Å²) < 4.78 is 0. The molecule has 3 N–H and O–H groups in total. The minimum atomic E-state index is -0.152. The minimum absolute atomic E-state index is 0.0165. The number of nitrogens with two attached hydrogens (primary N) is 1. The summed E-state index contributed by atoms with van der Waals surface area (Å²) in [4.78, 5) is 16.4. The molecule has 0 spiro atoms. The Morgan fingerprint density at radius 2 is 1.81 bits per heavy atom. The van der Waals surface area contributed by atoms with Crippen LogP contribution >= 0.6 is 0 Å². The van der Waals surface area contributed by atoms with E-state index < -0.39 is 0 Å². The number of hydrogen-bond acceptors (Lipinski definition) is 4. The quantitative estimate of drug-likeness (QED) is 0.759. The molecule has 0 saturated heterocycles. The fraction of sp³-hybridized carbons (Fsp3) is 0.562. The second kappa shape index (κ2) is 8.77. The van der Waals surface area contributed by atoms with Gasteiger partial charge in [0, 0.05) is 12.2 Å². The molecule has 1 aromatic carbocycles. The summed E-state index contributed by atoms with van der Waals surface area (Å²) in [6.45, 7) is 4.37. The second-order valence-corrected chi connectivity index (χ2v) is 5.70. The molecule has 5 nitrogen and oxygen atoms in total. The van der Waals surface area contributed by atoms with Gasteiger partial charge in [0.1, 0.15) is 0 Å². The van der Waals surface area contributed by atoms with E-state index in [0.29, 0.717) is 6.54 Å². The van der Waals surface area contributed by atoms with Crippen LogP contribution in [-0.2, 0) is 11.3 Å². The van der Waals surface area contributed by atoms with Gasteiger partial charge in [-0.1, -0.05) is 12.1 Å². The number of hydrogen-bond donors (Lipinski definition) is 2. The van der Waals surface area contributed by atoms with Crippen molar-refractivity contribution in [2.45, 2.75) is 25.9 Å². The average molecular weight is 292 g/mol. The minimum Gasteiger partial charge on any atom is -0.326 e. The average Bonchev–Trinajstić information content (AvgIpc) is 2.46. The molecule has 21 heavy (non-hydrogen) atoms. The van der Waals surface area contributed by atoms with Gasteiger partial charge in [0.05, 0.1) is 6.04 Å². The SMILES string of the molecule is CC(C(=O)Nc1ccc(CN)cc1)N(C)CCCN(C)C. The third kappa shape index (κ3) is 6.25. The van der Waals surface area contributed by atoms with Gasteiger partial charge in [-0.3, -0.25) is 9.69 Å². The summed E-state index contributed by atoms with van der Waals surface area (Å²) >= 11 is 0. The highest BCUT2D eigenvalue weighted by molar-refractivity contribution is 5.94. The molecule has 1 rings (SSSR count). The van der Waals surface area contributed by atoms with Gasteiger partial charge < -0.3 is 16.0 Å². The third-order valence-electron chi connectivity index (χ3n) is 3.61. The number of likely N-dealkylation sites (N-methyl/N-ethyl adjacent to an activating group) is 1. The zero-order valence-corrected chi connectivity index (χ0v) is 13.6. The molecule has 1 atom stereocenters. The molecular weight excluding hydrogens is 264 g/mol. The second-order valence-electron chi connectivity index (χ2n) is 5.70. The summed E-state index contributed by atoms with van der Waals surface area (Å²) in [6.07, 6.45) is 1.05. The molecule has 0 fully saturated rings. The van der Waals surface area contributed by atoms with E-state index in [1.165, 1.54) is 0 Å². The van der Waals surface area contributed by atoms with Crippen molar-refractivity contribution in [3.63, 3.8) is 0 Å². The van der Waals surface area contributed by atoms with Crippen molar-refractivity contribution in [3.8, 4) is 0 Å². The summed E-state index contributed by atoms with van der Waals surface area (Å²) in [5.41, 5.74) is 7.43. The maximum absolute atomic E-state index is 12.2. The lowest BCUT2D eigenvalue weighted by Crippen LogP contribution is -2.40. The molecule has 0 aromatic heterocycles. The maximum atomic E-state index is 12.2. The van der Waals surface area contributed by atoms with Crippen LogP contribution in [0.5, 0.6) is 0 Å². The lowest BCUT2D eigenvalue weighted by Gasteiger charge is -2.24. The zero-order chi connectivity index (χ0) is 15.8. The van der Waals surface area contributed by atoms with Crippen LogP contribution in [0.2, 0.25) is 0 Å². The molecule has 0 saturated carbocycles. The highest BCUT2D eigenvalue weighted by atomic mass is 16.2. The van der Waals surface area contributed by atoms with Crippen molar-refractivity contribution in [1.82, 2.24) is 9.80 Å². The van der Waals surface area contributed by atoms with E-state index in [1.54, 1.807) is 0 Å².